The number of hydrogen-bond acceptors (Lipinski definition) is 13. The maximum atomic E-state index is 13.1. The lowest BCUT2D eigenvalue weighted by atomic mass is 9.83. The summed E-state index contributed by atoms with van der Waals surface area (Å²) >= 11 is 2.19. The summed E-state index contributed by atoms with van der Waals surface area (Å²) < 4.78 is 47.4. The van der Waals surface area contributed by atoms with E-state index in [4.69, 9.17) is 37.9 Å². The molecule has 7 unspecified atom stereocenters. The van der Waals surface area contributed by atoms with Crippen molar-refractivity contribution >= 4 is 46.5 Å². The van der Waals surface area contributed by atoms with Gasteiger partial charge in [-0.1, -0.05) is 87.5 Å². The molecule has 2 heterocycles. The van der Waals surface area contributed by atoms with Gasteiger partial charge in [0.2, 0.25) is 0 Å². The van der Waals surface area contributed by atoms with Crippen LogP contribution in [-0.4, -0.2) is 89.4 Å². The van der Waals surface area contributed by atoms with Crippen LogP contribution in [0.4, 0.5) is 0 Å². The molecule has 0 bridgehead atoms. The van der Waals surface area contributed by atoms with E-state index in [0.29, 0.717) is 17.3 Å². The van der Waals surface area contributed by atoms with Crippen molar-refractivity contribution in [2.45, 2.75) is 130 Å². The van der Waals surface area contributed by atoms with Gasteiger partial charge in [0, 0.05) is 36.0 Å². The molecule has 2 saturated heterocycles. The minimum absolute atomic E-state index is 0.00798. The second-order valence-corrected chi connectivity index (χ2v) is 14.2. The number of alkyl halides is 1. The SMILES string of the molecule is CCC(CC(=O)OCc1ccccc1)OC(=O)CC(CCI)OC1OC(CO[C@@H]2O[C@@H](O)[C@H](C)C(C)C2OC(C)=O)[C@@H](C)[C@H](C)C1OC(C)=O. The van der Waals surface area contributed by atoms with Crippen molar-refractivity contribution in [2.75, 3.05) is 11.0 Å². The minimum Gasteiger partial charge on any atom is -0.462 e. The van der Waals surface area contributed by atoms with Crippen molar-refractivity contribution in [3.05, 3.63) is 35.9 Å². The van der Waals surface area contributed by atoms with Crippen LogP contribution in [-0.2, 0) is 63.7 Å². The van der Waals surface area contributed by atoms with Crippen LogP contribution in [0.3, 0.4) is 0 Å². The fraction of sp³-hybridized carbons (Fsp3) is 0.722. The first-order valence-corrected chi connectivity index (χ1v) is 18.8. The van der Waals surface area contributed by atoms with E-state index in [-0.39, 0.29) is 49.7 Å². The third kappa shape index (κ3) is 12.7. The number of esters is 4. The van der Waals surface area contributed by atoms with E-state index in [1.807, 2.05) is 58.0 Å². The molecule has 1 aromatic carbocycles. The summed E-state index contributed by atoms with van der Waals surface area (Å²) in [6.45, 7) is 12.1. The Morgan fingerprint density at radius 1 is 0.820 bits per heavy atom. The van der Waals surface area contributed by atoms with Crippen molar-refractivity contribution in [1.82, 2.24) is 0 Å². The van der Waals surface area contributed by atoms with Gasteiger partial charge in [-0.25, -0.2) is 0 Å². The van der Waals surface area contributed by atoms with Crippen LogP contribution in [0.25, 0.3) is 0 Å². The zero-order valence-corrected chi connectivity index (χ0v) is 32.1. The zero-order valence-electron chi connectivity index (χ0n) is 30.0. The third-order valence-electron chi connectivity index (χ3n) is 9.42. The molecule has 50 heavy (non-hydrogen) atoms. The molecule has 2 aliphatic rings. The van der Waals surface area contributed by atoms with Gasteiger partial charge in [0.1, 0.15) is 12.7 Å². The molecule has 0 aliphatic carbocycles. The average Bonchev–Trinajstić information content (AvgIpc) is 3.06. The fourth-order valence-corrected chi connectivity index (χ4v) is 6.63. The summed E-state index contributed by atoms with van der Waals surface area (Å²) in [5.74, 6) is -2.99. The van der Waals surface area contributed by atoms with Gasteiger partial charge >= 0.3 is 23.9 Å². The van der Waals surface area contributed by atoms with E-state index in [0.717, 1.165) is 5.56 Å². The van der Waals surface area contributed by atoms with Crippen molar-refractivity contribution < 1.29 is 62.2 Å². The summed E-state index contributed by atoms with van der Waals surface area (Å²) in [5.41, 5.74) is 0.857. The van der Waals surface area contributed by atoms with Crippen LogP contribution >= 0.6 is 22.6 Å². The Bertz CT molecular complexity index is 1230. The number of rotatable bonds is 17. The van der Waals surface area contributed by atoms with Crippen LogP contribution in [0.2, 0.25) is 0 Å². The number of carbonyl (C=O) groups excluding carboxylic acids is 4. The summed E-state index contributed by atoms with van der Waals surface area (Å²) in [6, 6.07) is 9.31. The summed E-state index contributed by atoms with van der Waals surface area (Å²) in [6.07, 6.45) is -5.95. The first-order chi connectivity index (χ1) is 23.7. The minimum atomic E-state index is -1.11. The molecule has 0 spiro atoms. The number of carbonyl (C=O) groups is 4. The smallest absolute Gasteiger partial charge is 0.309 e. The topological polar surface area (TPSA) is 162 Å². The average molecular weight is 821 g/mol. The molecule has 12 atom stereocenters. The molecule has 2 fully saturated rings. The number of benzene rings is 1. The van der Waals surface area contributed by atoms with E-state index >= 15 is 0 Å². The van der Waals surface area contributed by atoms with E-state index in [9.17, 15) is 24.3 Å². The number of halogens is 1. The van der Waals surface area contributed by atoms with Gasteiger partial charge in [-0.15, -0.1) is 0 Å². The highest BCUT2D eigenvalue weighted by atomic mass is 127. The van der Waals surface area contributed by atoms with Gasteiger partial charge in [0.25, 0.3) is 0 Å². The van der Waals surface area contributed by atoms with E-state index in [1.54, 1.807) is 6.92 Å². The van der Waals surface area contributed by atoms with Crippen molar-refractivity contribution in [3.8, 4) is 0 Å². The molecule has 14 heteroatoms. The van der Waals surface area contributed by atoms with E-state index < -0.39 is 73.3 Å². The Morgan fingerprint density at radius 3 is 2.02 bits per heavy atom. The number of aliphatic hydroxyl groups excluding tert-OH is 1. The zero-order chi connectivity index (χ0) is 37.0. The molecule has 1 aromatic rings. The normalized spacial score (nSPS) is 30.8. The molecular weight excluding hydrogens is 767 g/mol. The maximum absolute atomic E-state index is 13.1. The molecular formula is C36H53IO13. The lowest BCUT2D eigenvalue weighted by Gasteiger charge is -2.46. The molecule has 0 aromatic heterocycles. The van der Waals surface area contributed by atoms with Crippen LogP contribution in [0.5, 0.6) is 0 Å². The Balaban J connectivity index is 1.66. The Morgan fingerprint density at radius 2 is 1.42 bits per heavy atom. The second-order valence-electron chi connectivity index (χ2n) is 13.2. The van der Waals surface area contributed by atoms with Crippen LogP contribution in [0, 0.1) is 23.7 Å². The summed E-state index contributed by atoms with van der Waals surface area (Å²) in [4.78, 5) is 49.6. The van der Waals surface area contributed by atoms with Gasteiger partial charge in [0.15, 0.2) is 31.1 Å². The van der Waals surface area contributed by atoms with Crippen LogP contribution in [0.15, 0.2) is 30.3 Å². The summed E-state index contributed by atoms with van der Waals surface area (Å²) in [5, 5.41) is 10.5. The van der Waals surface area contributed by atoms with E-state index in [1.165, 1.54) is 13.8 Å². The lowest BCUT2D eigenvalue weighted by Crippen LogP contribution is -2.56. The van der Waals surface area contributed by atoms with Crippen molar-refractivity contribution in [1.29, 1.82) is 0 Å². The van der Waals surface area contributed by atoms with Gasteiger partial charge in [-0.05, 0) is 24.3 Å². The second kappa shape index (κ2) is 20.6. The molecule has 0 amide bonds. The van der Waals surface area contributed by atoms with Crippen LogP contribution < -0.4 is 0 Å². The first kappa shape index (κ1) is 42.0. The van der Waals surface area contributed by atoms with E-state index in [2.05, 4.69) is 22.6 Å². The van der Waals surface area contributed by atoms with Crippen LogP contribution in [0.1, 0.15) is 79.7 Å². The first-order valence-electron chi connectivity index (χ1n) is 17.3. The van der Waals surface area contributed by atoms with Gasteiger partial charge in [0.05, 0.1) is 31.7 Å². The standard InChI is InChI=1S/C36H53IO13/c1-8-27(16-30(40)43-18-26-12-10-9-11-13-26)47-31(41)17-28(14-15-37)48-36-33(46-25(7)39)21(3)20(2)29(49-36)19-44-35-32(45-24(6)38)22(4)23(5)34(42)50-35/h9-13,20-23,27-29,32-36,42H,8,14-19H2,1-7H3/t20-,21-,22?,23+,27?,28?,29?,32?,33?,34+,35+,36?/m0/s1. The third-order valence-corrected chi connectivity index (χ3v) is 10.0. The largest absolute Gasteiger partial charge is 0.462 e. The molecule has 13 nitrogen and oxygen atoms in total. The molecule has 1 N–H and O–H groups in total. The monoisotopic (exact) mass is 820 g/mol. The number of hydrogen-bond donors (Lipinski definition) is 1. The molecule has 3 rings (SSSR count). The quantitative estimate of drug-likeness (QED) is 0.0983. The van der Waals surface area contributed by atoms with Gasteiger partial charge in [-0.3, -0.25) is 19.2 Å². The van der Waals surface area contributed by atoms with Crippen molar-refractivity contribution in [3.63, 3.8) is 0 Å². The predicted molar refractivity (Wildman–Crippen MR) is 187 cm³/mol. The maximum Gasteiger partial charge on any atom is 0.309 e. The highest BCUT2D eigenvalue weighted by molar-refractivity contribution is 14.1. The lowest BCUT2D eigenvalue weighted by molar-refractivity contribution is -0.336. The molecule has 2 aliphatic heterocycles. The molecule has 0 radical (unpaired) electrons. The Kier molecular flexibility index (Phi) is 17.3. The van der Waals surface area contributed by atoms with Crippen molar-refractivity contribution in [2.24, 2.45) is 23.7 Å². The van der Waals surface area contributed by atoms with Gasteiger partial charge in [-0.2, -0.15) is 0 Å². The Hall–Kier alpha value is -2.37. The molecule has 282 valence electrons. The molecule has 0 saturated carbocycles. The Labute approximate surface area is 308 Å². The summed E-state index contributed by atoms with van der Waals surface area (Å²) in [7, 11) is 0. The number of aliphatic hydroxyl groups is 1. The van der Waals surface area contributed by atoms with Gasteiger partial charge < -0.3 is 43.0 Å². The highest BCUT2D eigenvalue weighted by Crippen LogP contribution is 2.37. The fourth-order valence-electron chi connectivity index (χ4n) is 5.94. The number of ether oxygens (including phenoxy) is 8. The highest BCUT2D eigenvalue weighted by Gasteiger charge is 2.47. The predicted octanol–water partition coefficient (Wildman–Crippen LogP) is 4.87.